The van der Waals surface area contributed by atoms with Crippen molar-refractivity contribution in [3.05, 3.63) is 63.1 Å². The lowest BCUT2D eigenvalue weighted by molar-refractivity contribution is 0.0785. The minimum Gasteiger partial charge on any atom is -0.399 e. The molecule has 0 unspecified atom stereocenters. The number of nitrogens with zero attached hydrogens (tertiary/aromatic N) is 1. The number of hydrogen-bond acceptors (Lipinski definition) is 2. The number of halogens is 2. The van der Waals surface area contributed by atoms with Crippen molar-refractivity contribution in [1.82, 2.24) is 4.90 Å². The zero-order valence-corrected chi connectivity index (χ0v) is 13.4. The Balaban J connectivity index is 2.17. The Kier molecular flexibility index (Phi) is 4.76. The van der Waals surface area contributed by atoms with E-state index in [1.54, 1.807) is 30.1 Å². The van der Waals surface area contributed by atoms with Crippen LogP contribution in [0.5, 0.6) is 0 Å². The SMILES string of the molecule is Cc1cc(N)cc(C(=O)N(C)Cc2ccc(Cl)c(Cl)c2)c1. The van der Waals surface area contributed by atoms with E-state index in [0.29, 0.717) is 27.8 Å². The Morgan fingerprint density at radius 3 is 2.48 bits per heavy atom. The third-order valence-corrected chi connectivity index (χ3v) is 3.84. The summed E-state index contributed by atoms with van der Waals surface area (Å²) in [5.41, 5.74) is 8.82. The van der Waals surface area contributed by atoms with E-state index in [-0.39, 0.29) is 5.91 Å². The minimum absolute atomic E-state index is 0.0866. The van der Waals surface area contributed by atoms with Gasteiger partial charge in [-0.3, -0.25) is 4.79 Å². The van der Waals surface area contributed by atoms with Crippen molar-refractivity contribution in [1.29, 1.82) is 0 Å². The molecule has 0 saturated carbocycles. The molecule has 0 saturated heterocycles. The zero-order chi connectivity index (χ0) is 15.6. The molecule has 2 rings (SSSR count). The summed E-state index contributed by atoms with van der Waals surface area (Å²) in [7, 11) is 1.74. The topological polar surface area (TPSA) is 46.3 Å². The number of aryl methyl sites for hydroxylation is 1. The van der Waals surface area contributed by atoms with Crippen LogP contribution in [-0.4, -0.2) is 17.9 Å². The molecule has 0 aliphatic rings. The van der Waals surface area contributed by atoms with Crippen molar-refractivity contribution in [2.75, 3.05) is 12.8 Å². The maximum Gasteiger partial charge on any atom is 0.253 e. The highest BCUT2D eigenvalue weighted by Gasteiger charge is 2.13. The number of hydrogen-bond donors (Lipinski definition) is 1. The first kappa shape index (κ1) is 15.7. The van der Waals surface area contributed by atoms with Gasteiger partial charge in [-0.2, -0.15) is 0 Å². The van der Waals surface area contributed by atoms with E-state index < -0.39 is 0 Å². The van der Waals surface area contributed by atoms with Crippen LogP contribution in [0.3, 0.4) is 0 Å². The summed E-state index contributed by atoms with van der Waals surface area (Å²) in [6, 6.07) is 10.7. The van der Waals surface area contributed by atoms with Gasteiger partial charge in [0, 0.05) is 24.8 Å². The molecule has 2 aromatic rings. The molecule has 0 radical (unpaired) electrons. The predicted octanol–water partition coefficient (Wildman–Crippen LogP) is 4.16. The quantitative estimate of drug-likeness (QED) is 0.862. The fraction of sp³-hybridized carbons (Fsp3) is 0.188. The van der Waals surface area contributed by atoms with Crippen LogP contribution in [0.15, 0.2) is 36.4 Å². The highest BCUT2D eigenvalue weighted by molar-refractivity contribution is 6.42. The molecule has 110 valence electrons. The van der Waals surface area contributed by atoms with E-state index >= 15 is 0 Å². The van der Waals surface area contributed by atoms with E-state index in [9.17, 15) is 4.79 Å². The van der Waals surface area contributed by atoms with Gasteiger partial charge in [0.25, 0.3) is 5.91 Å². The van der Waals surface area contributed by atoms with Gasteiger partial charge in [0.15, 0.2) is 0 Å². The first-order valence-electron chi connectivity index (χ1n) is 6.43. The van der Waals surface area contributed by atoms with E-state index in [1.165, 1.54) is 0 Å². The second-order valence-electron chi connectivity index (χ2n) is 5.04. The fourth-order valence-electron chi connectivity index (χ4n) is 2.14. The largest absolute Gasteiger partial charge is 0.399 e. The van der Waals surface area contributed by atoms with Crippen molar-refractivity contribution in [3.8, 4) is 0 Å². The Hall–Kier alpha value is -1.71. The smallest absolute Gasteiger partial charge is 0.253 e. The number of rotatable bonds is 3. The molecule has 21 heavy (non-hydrogen) atoms. The minimum atomic E-state index is -0.0866. The third kappa shape index (κ3) is 3.90. The Bertz CT molecular complexity index is 666. The highest BCUT2D eigenvalue weighted by Crippen LogP contribution is 2.23. The number of benzene rings is 2. The molecular weight excluding hydrogens is 307 g/mol. The van der Waals surface area contributed by atoms with Gasteiger partial charge >= 0.3 is 0 Å². The zero-order valence-electron chi connectivity index (χ0n) is 11.9. The normalized spacial score (nSPS) is 10.5. The molecule has 1 amide bonds. The van der Waals surface area contributed by atoms with Crippen molar-refractivity contribution >= 4 is 34.8 Å². The molecule has 2 N–H and O–H groups in total. The van der Waals surface area contributed by atoms with Gasteiger partial charge in [0.2, 0.25) is 0 Å². The standard InChI is InChI=1S/C16H16Cl2N2O/c1-10-5-12(8-13(19)6-10)16(21)20(2)9-11-3-4-14(17)15(18)7-11/h3-8H,9,19H2,1-2H3. The molecule has 0 spiro atoms. The van der Waals surface area contributed by atoms with E-state index in [1.807, 2.05) is 25.1 Å². The van der Waals surface area contributed by atoms with E-state index in [4.69, 9.17) is 28.9 Å². The van der Waals surface area contributed by atoms with Crippen LogP contribution in [0.1, 0.15) is 21.5 Å². The van der Waals surface area contributed by atoms with Crippen LogP contribution < -0.4 is 5.73 Å². The van der Waals surface area contributed by atoms with Crippen LogP contribution in [0, 0.1) is 6.92 Å². The summed E-state index contributed by atoms with van der Waals surface area (Å²) in [5.74, 6) is -0.0866. The van der Waals surface area contributed by atoms with Gasteiger partial charge in [-0.25, -0.2) is 0 Å². The maximum absolute atomic E-state index is 12.4. The molecule has 0 aliphatic carbocycles. The Morgan fingerprint density at radius 2 is 1.86 bits per heavy atom. The number of carbonyl (C=O) groups is 1. The lowest BCUT2D eigenvalue weighted by atomic mass is 10.1. The van der Waals surface area contributed by atoms with Gasteiger partial charge in [-0.1, -0.05) is 29.3 Å². The molecule has 5 heteroatoms. The molecule has 0 aliphatic heterocycles. The molecule has 3 nitrogen and oxygen atoms in total. The Labute approximate surface area is 134 Å². The van der Waals surface area contributed by atoms with Gasteiger partial charge in [-0.05, 0) is 48.4 Å². The molecule has 0 bridgehead atoms. The predicted molar refractivity (Wildman–Crippen MR) is 87.9 cm³/mol. The molecule has 2 aromatic carbocycles. The van der Waals surface area contributed by atoms with E-state index in [2.05, 4.69) is 0 Å². The maximum atomic E-state index is 12.4. The van der Waals surface area contributed by atoms with Crippen LogP contribution in [0.2, 0.25) is 10.0 Å². The highest BCUT2D eigenvalue weighted by atomic mass is 35.5. The summed E-state index contributed by atoms with van der Waals surface area (Å²) < 4.78 is 0. The van der Waals surface area contributed by atoms with Crippen LogP contribution >= 0.6 is 23.2 Å². The fourth-order valence-corrected chi connectivity index (χ4v) is 2.46. The van der Waals surface area contributed by atoms with Crippen LogP contribution in [0.25, 0.3) is 0 Å². The van der Waals surface area contributed by atoms with Gasteiger partial charge in [-0.15, -0.1) is 0 Å². The first-order chi connectivity index (χ1) is 9.86. The monoisotopic (exact) mass is 322 g/mol. The molecule has 0 fully saturated rings. The third-order valence-electron chi connectivity index (χ3n) is 3.10. The number of carbonyl (C=O) groups excluding carboxylic acids is 1. The molecule has 0 atom stereocenters. The first-order valence-corrected chi connectivity index (χ1v) is 7.19. The summed E-state index contributed by atoms with van der Waals surface area (Å²) in [4.78, 5) is 14.0. The van der Waals surface area contributed by atoms with Crippen LogP contribution in [-0.2, 0) is 6.54 Å². The van der Waals surface area contributed by atoms with Crippen molar-refractivity contribution < 1.29 is 4.79 Å². The van der Waals surface area contributed by atoms with Gasteiger partial charge in [0.05, 0.1) is 10.0 Å². The summed E-state index contributed by atoms with van der Waals surface area (Å²) in [6.45, 7) is 2.36. The van der Waals surface area contributed by atoms with Crippen molar-refractivity contribution in [2.24, 2.45) is 0 Å². The molecule has 0 heterocycles. The van der Waals surface area contributed by atoms with Gasteiger partial charge in [0.1, 0.15) is 0 Å². The number of nitrogen functional groups attached to an aromatic ring is 1. The molecular formula is C16H16Cl2N2O. The second kappa shape index (κ2) is 6.37. The number of nitrogens with two attached hydrogens (primary N) is 1. The lowest BCUT2D eigenvalue weighted by Gasteiger charge is -2.18. The van der Waals surface area contributed by atoms with Crippen molar-refractivity contribution in [3.63, 3.8) is 0 Å². The summed E-state index contributed by atoms with van der Waals surface area (Å²) in [6.07, 6.45) is 0. The van der Waals surface area contributed by atoms with Crippen molar-refractivity contribution in [2.45, 2.75) is 13.5 Å². The van der Waals surface area contributed by atoms with E-state index in [0.717, 1.165) is 11.1 Å². The lowest BCUT2D eigenvalue weighted by Crippen LogP contribution is -2.26. The summed E-state index contributed by atoms with van der Waals surface area (Å²) in [5, 5.41) is 0.982. The average Bonchev–Trinajstić information content (AvgIpc) is 2.41. The molecule has 0 aromatic heterocycles. The second-order valence-corrected chi connectivity index (χ2v) is 5.86. The number of amides is 1. The van der Waals surface area contributed by atoms with Crippen LogP contribution in [0.4, 0.5) is 5.69 Å². The van der Waals surface area contributed by atoms with Gasteiger partial charge < -0.3 is 10.6 Å². The Morgan fingerprint density at radius 1 is 1.14 bits per heavy atom. The average molecular weight is 323 g/mol. The number of anilines is 1. The summed E-state index contributed by atoms with van der Waals surface area (Å²) >= 11 is 11.9.